The van der Waals surface area contributed by atoms with E-state index in [2.05, 4.69) is 5.10 Å². The van der Waals surface area contributed by atoms with Gasteiger partial charge in [-0.05, 0) is 31.2 Å². The zero-order chi connectivity index (χ0) is 14.0. The van der Waals surface area contributed by atoms with Crippen molar-refractivity contribution in [2.75, 3.05) is 12.8 Å². The number of hydrogen-bond donors (Lipinski definition) is 1. The Bertz CT molecular complexity index is 622. The maximum atomic E-state index is 12.4. The van der Waals surface area contributed by atoms with E-state index in [1.807, 2.05) is 20.0 Å². The predicted molar refractivity (Wildman–Crippen MR) is 75.5 cm³/mol. The molecule has 0 aliphatic carbocycles. The first-order valence-corrected chi connectivity index (χ1v) is 7.14. The van der Waals surface area contributed by atoms with E-state index in [4.69, 9.17) is 10.5 Å². The third-order valence-electron chi connectivity index (χ3n) is 2.84. The molecule has 5 nitrogen and oxygen atoms in total. The zero-order valence-electron chi connectivity index (χ0n) is 11.2. The molecular formula is C13H17N3O2S. The molecule has 0 saturated carbocycles. The Morgan fingerprint density at radius 2 is 2.16 bits per heavy atom. The number of aromatic nitrogens is 2. The Morgan fingerprint density at radius 3 is 2.74 bits per heavy atom. The molecule has 0 radical (unpaired) electrons. The largest absolute Gasteiger partial charge is 0.497 e. The van der Waals surface area contributed by atoms with Gasteiger partial charge in [-0.1, -0.05) is 0 Å². The van der Waals surface area contributed by atoms with Crippen LogP contribution in [0.15, 0.2) is 29.2 Å². The lowest BCUT2D eigenvalue weighted by Crippen LogP contribution is -2.05. The molecule has 1 atom stereocenters. The minimum Gasteiger partial charge on any atom is -0.497 e. The normalized spacial score (nSPS) is 12.4. The van der Waals surface area contributed by atoms with Crippen molar-refractivity contribution in [3.63, 3.8) is 0 Å². The summed E-state index contributed by atoms with van der Waals surface area (Å²) in [5, 5.41) is 4.24. The van der Waals surface area contributed by atoms with Crippen LogP contribution in [0, 0.1) is 6.92 Å². The number of nitrogens with two attached hydrogens (primary N) is 1. The summed E-state index contributed by atoms with van der Waals surface area (Å²) in [6.45, 7) is 1.91. The Morgan fingerprint density at radius 1 is 1.42 bits per heavy atom. The van der Waals surface area contributed by atoms with Gasteiger partial charge in [0.1, 0.15) is 5.75 Å². The standard InChI is InChI=1S/C13H17N3O2S/c1-9-6-10(16(2)15-9)8-19(17)13-7-11(18-3)4-5-12(13)14/h4-7H,8,14H2,1-3H3. The first kappa shape index (κ1) is 13.6. The number of benzene rings is 1. The second kappa shape index (κ2) is 5.44. The van der Waals surface area contributed by atoms with Crippen LogP contribution < -0.4 is 10.5 Å². The first-order valence-electron chi connectivity index (χ1n) is 5.82. The van der Waals surface area contributed by atoms with E-state index < -0.39 is 10.8 Å². The van der Waals surface area contributed by atoms with Crippen molar-refractivity contribution < 1.29 is 8.95 Å². The fourth-order valence-electron chi connectivity index (χ4n) is 1.85. The van der Waals surface area contributed by atoms with E-state index in [1.54, 1.807) is 30.0 Å². The average Bonchev–Trinajstić information content (AvgIpc) is 2.68. The molecule has 0 bridgehead atoms. The van der Waals surface area contributed by atoms with Gasteiger partial charge in [0.15, 0.2) is 0 Å². The topological polar surface area (TPSA) is 70.1 Å². The number of hydrogen-bond acceptors (Lipinski definition) is 4. The van der Waals surface area contributed by atoms with Crippen molar-refractivity contribution in [1.82, 2.24) is 9.78 Å². The molecule has 0 aliphatic rings. The van der Waals surface area contributed by atoms with Crippen LogP contribution in [0.5, 0.6) is 5.75 Å². The van der Waals surface area contributed by atoms with E-state index in [0.717, 1.165) is 11.4 Å². The second-order valence-corrected chi connectivity index (χ2v) is 5.71. The monoisotopic (exact) mass is 279 g/mol. The Hall–Kier alpha value is -1.82. The van der Waals surface area contributed by atoms with Gasteiger partial charge in [0.2, 0.25) is 0 Å². The van der Waals surface area contributed by atoms with Gasteiger partial charge in [-0.2, -0.15) is 5.10 Å². The third-order valence-corrected chi connectivity index (χ3v) is 4.25. The molecule has 0 fully saturated rings. The molecular weight excluding hydrogens is 262 g/mol. The van der Waals surface area contributed by atoms with Crippen molar-refractivity contribution in [2.45, 2.75) is 17.6 Å². The van der Waals surface area contributed by atoms with Crippen molar-refractivity contribution in [1.29, 1.82) is 0 Å². The fourth-order valence-corrected chi connectivity index (χ4v) is 3.12. The molecule has 6 heteroatoms. The molecule has 0 amide bonds. The van der Waals surface area contributed by atoms with Gasteiger partial charge >= 0.3 is 0 Å². The van der Waals surface area contributed by atoms with Gasteiger partial charge in [-0.15, -0.1) is 0 Å². The van der Waals surface area contributed by atoms with Crippen LogP contribution in [-0.2, 0) is 23.6 Å². The maximum Gasteiger partial charge on any atom is 0.120 e. The number of rotatable bonds is 4. The van der Waals surface area contributed by atoms with Crippen LogP contribution in [0.4, 0.5) is 5.69 Å². The number of aryl methyl sites for hydroxylation is 2. The van der Waals surface area contributed by atoms with Crippen molar-refractivity contribution in [2.24, 2.45) is 7.05 Å². The molecule has 0 spiro atoms. The van der Waals surface area contributed by atoms with Gasteiger partial charge in [0, 0.05) is 12.7 Å². The van der Waals surface area contributed by atoms with Crippen LogP contribution in [0.1, 0.15) is 11.4 Å². The summed E-state index contributed by atoms with van der Waals surface area (Å²) in [5.41, 5.74) is 8.21. The number of nitrogens with zero attached hydrogens (tertiary/aromatic N) is 2. The molecule has 1 aromatic carbocycles. The third kappa shape index (κ3) is 2.96. The molecule has 2 N–H and O–H groups in total. The van der Waals surface area contributed by atoms with Crippen LogP contribution in [-0.4, -0.2) is 21.1 Å². The number of ether oxygens (including phenoxy) is 1. The quantitative estimate of drug-likeness (QED) is 0.864. The summed E-state index contributed by atoms with van der Waals surface area (Å²) < 4.78 is 19.3. The van der Waals surface area contributed by atoms with Crippen LogP contribution in [0.3, 0.4) is 0 Å². The predicted octanol–water partition coefficient (Wildman–Crippen LogP) is 1.63. The van der Waals surface area contributed by atoms with Crippen molar-refractivity contribution >= 4 is 16.5 Å². The van der Waals surface area contributed by atoms with E-state index in [1.165, 1.54) is 0 Å². The lowest BCUT2D eigenvalue weighted by molar-refractivity contribution is 0.413. The number of nitrogen functional groups attached to an aromatic ring is 1. The lowest BCUT2D eigenvalue weighted by Gasteiger charge is -2.08. The summed E-state index contributed by atoms with van der Waals surface area (Å²) in [6.07, 6.45) is 0. The summed E-state index contributed by atoms with van der Waals surface area (Å²) in [7, 11) is 2.19. The highest BCUT2D eigenvalue weighted by Crippen LogP contribution is 2.24. The highest BCUT2D eigenvalue weighted by atomic mass is 32.2. The smallest absolute Gasteiger partial charge is 0.120 e. The zero-order valence-corrected chi connectivity index (χ0v) is 12.0. The Balaban J connectivity index is 2.27. The van der Waals surface area contributed by atoms with Crippen LogP contribution in [0.25, 0.3) is 0 Å². The average molecular weight is 279 g/mol. The Kier molecular flexibility index (Phi) is 3.90. The van der Waals surface area contributed by atoms with Crippen molar-refractivity contribution in [3.05, 3.63) is 35.7 Å². The molecule has 1 heterocycles. The summed E-state index contributed by atoms with van der Waals surface area (Å²) in [5.74, 6) is 1.04. The summed E-state index contributed by atoms with van der Waals surface area (Å²) >= 11 is 0. The number of methoxy groups -OCH3 is 1. The SMILES string of the molecule is COc1ccc(N)c(S(=O)Cc2cc(C)nn2C)c1. The molecule has 102 valence electrons. The van der Waals surface area contributed by atoms with Crippen LogP contribution >= 0.6 is 0 Å². The molecule has 1 unspecified atom stereocenters. The van der Waals surface area contributed by atoms with E-state index in [9.17, 15) is 4.21 Å². The highest BCUT2D eigenvalue weighted by Gasteiger charge is 2.13. The number of anilines is 1. The van der Waals surface area contributed by atoms with Crippen LogP contribution in [0.2, 0.25) is 0 Å². The van der Waals surface area contributed by atoms with Gasteiger partial charge in [-0.3, -0.25) is 8.89 Å². The molecule has 1 aromatic heterocycles. The molecule has 2 aromatic rings. The molecule has 0 aliphatic heterocycles. The minimum atomic E-state index is -1.22. The van der Waals surface area contributed by atoms with E-state index >= 15 is 0 Å². The highest BCUT2D eigenvalue weighted by molar-refractivity contribution is 7.84. The van der Waals surface area contributed by atoms with Gasteiger partial charge in [0.05, 0.1) is 39.9 Å². The van der Waals surface area contributed by atoms with E-state index in [0.29, 0.717) is 22.1 Å². The Labute approximate surface area is 114 Å². The molecule has 2 rings (SSSR count). The lowest BCUT2D eigenvalue weighted by atomic mass is 10.3. The fraction of sp³-hybridized carbons (Fsp3) is 0.308. The summed E-state index contributed by atoms with van der Waals surface area (Å²) in [6, 6.07) is 7.10. The first-order chi connectivity index (χ1) is 9.01. The van der Waals surface area contributed by atoms with Crippen molar-refractivity contribution in [3.8, 4) is 5.75 Å². The van der Waals surface area contributed by atoms with Gasteiger partial charge in [-0.25, -0.2) is 0 Å². The van der Waals surface area contributed by atoms with E-state index in [-0.39, 0.29) is 0 Å². The molecule has 0 saturated heterocycles. The van der Waals surface area contributed by atoms with Gasteiger partial charge < -0.3 is 10.5 Å². The second-order valence-electron chi connectivity index (χ2n) is 4.29. The minimum absolute atomic E-state index is 0.384. The summed E-state index contributed by atoms with van der Waals surface area (Å²) in [4.78, 5) is 0.596. The van der Waals surface area contributed by atoms with Gasteiger partial charge in [0.25, 0.3) is 0 Å². The maximum absolute atomic E-state index is 12.4. The molecule has 19 heavy (non-hydrogen) atoms.